The molecule has 2 fully saturated rings. The van der Waals surface area contributed by atoms with E-state index in [1.165, 1.54) is 116 Å². The highest BCUT2D eigenvalue weighted by molar-refractivity contribution is 4.76. The van der Waals surface area contributed by atoms with Crippen LogP contribution in [0.3, 0.4) is 0 Å². The molecule has 0 N–H and O–H groups in total. The van der Waals surface area contributed by atoms with E-state index < -0.39 is 0 Å². The van der Waals surface area contributed by atoms with Gasteiger partial charge in [-0.3, -0.25) is 0 Å². The van der Waals surface area contributed by atoms with E-state index in [-0.39, 0.29) is 0 Å². The van der Waals surface area contributed by atoms with Crippen molar-refractivity contribution in [3.05, 3.63) is 0 Å². The van der Waals surface area contributed by atoms with Crippen molar-refractivity contribution in [2.24, 2.45) is 17.8 Å². The fourth-order valence-corrected chi connectivity index (χ4v) is 5.12. The molecule has 0 radical (unpaired) electrons. The predicted molar refractivity (Wildman–Crippen MR) is 99.3 cm³/mol. The maximum absolute atomic E-state index is 2.63. The van der Waals surface area contributed by atoms with E-state index in [1.54, 1.807) is 0 Å². The van der Waals surface area contributed by atoms with Crippen molar-refractivity contribution < 1.29 is 0 Å². The molecule has 0 bridgehead atoms. The predicted octanol–water partition coefficient (Wildman–Crippen LogP) is 7.90. The van der Waals surface area contributed by atoms with Gasteiger partial charge >= 0.3 is 0 Å². The molecule has 0 aliphatic heterocycles. The Labute approximate surface area is 140 Å². The zero-order valence-corrected chi connectivity index (χ0v) is 15.5. The Bertz CT molecular complexity index is 211. The van der Waals surface area contributed by atoms with Crippen LogP contribution in [0.1, 0.15) is 122 Å². The summed E-state index contributed by atoms with van der Waals surface area (Å²) in [6.07, 6.45) is 27.3. The molecule has 0 heterocycles. The minimum Gasteiger partial charge on any atom is -0.0620 e. The molecule has 0 unspecified atom stereocenters. The van der Waals surface area contributed by atoms with E-state index in [0.717, 1.165) is 17.8 Å². The fourth-order valence-electron chi connectivity index (χ4n) is 5.12. The zero-order valence-electron chi connectivity index (χ0n) is 15.5. The summed E-state index contributed by atoms with van der Waals surface area (Å²) in [7, 11) is 0. The molecule has 2 saturated carbocycles. The van der Waals surface area contributed by atoms with Crippen molar-refractivity contribution in [3.8, 4) is 0 Å². The van der Waals surface area contributed by atoms with E-state index in [2.05, 4.69) is 6.92 Å². The average Bonchev–Trinajstić information content (AvgIpc) is 2.56. The van der Waals surface area contributed by atoms with Gasteiger partial charge in [-0.15, -0.1) is 0 Å². The van der Waals surface area contributed by atoms with Crippen LogP contribution in [0.15, 0.2) is 0 Å². The molecule has 130 valence electrons. The minimum absolute atomic E-state index is 0.999. The van der Waals surface area contributed by atoms with Crippen molar-refractivity contribution in [1.82, 2.24) is 0 Å². The second-order valence-corrected chi connectivity index (χ2v) is 8.48. The molecule has 0 nitrogen and oxygen atoms in total. The molecular weight excluding hydrogens is 264 g/mol. The van der Waals surface area contributed by atoms with Gasteiger partial charge in [0.15, 0.2) is 0 Å². The fraction of sp³-hybridized carbons (Fsp3) is 1.00. The SMILES string of the molecule is CC(C1CCCCCCCCC1)C1CCCCCCCCC1. The standard InChI is InChI=1S/C22H42/c1-20(21-16-12-8-4-2-5-9-13-17-21)22-18-14-10-6-3-7-11-15-19-22/h20-22H,2-19H2,1H3. The van der Waals surface area contributed by atoms with Crippen LogP contribution in [-0.4, -0.2) is 0 Å². The van der Waals surface area contributed by atoms with Crippen molar-refractivity contribution in [3.63, 3.8) is 0 Å². The van der Waals surface area contributed by atoms with Gasteiger partial charge in [-0.2, -0.15) is 0 Å². The van der Waals surface area contributed by atoms with Gasteiger partial charge in [0.2, 0.25) is 0 Å². The molecule has 2 aliphatic carbocycles. The maximum atomic E-state index is 2.63. The molecule has 0 aromatic heterocycles. The summed E-state index contributed by atoms with van der Waals surface area (Å²) < 4.78 is 0. The van der Waals surface area contributed by atoms with Crippen molar-refractivity contribution in [2.45, 2.75) is 122 Å². The van der Waals surface area contributed by atoms with Gasteiger partial charge in [0.05, 0.1) is 0 Å². The first-order valence-electron chi connectivity index (χ1n) is 10.9. The van der Waals surface area contributed by atoms with Gasteiger partial charge in [0.25, 0.3) is 0 Å². The van der Waals surface area contributed by atoms with Crippen LogP contribution in [0.25, 0.3) is 0 Å². The lowest BCUT2D eigenvalue weighted by Crippen LogP contribution is -2.22. The first-order chi connectivity index (χ1) is 10.9. The Balaban J connectivity index is 1.84. The lowest BCUT2D eigenvalue weighted by molar-refractivity contribution is 0.183. The van der Waals surface area contributed by atoms with Crippen LogP contribution in [0.5, 0.6) is 0 Å². The Morgan fingerprint density at radius 3 is 0.909 bits per heavy atom. The van der Waals surface area contributed by atoms with E-state index in [1.807, 2.05) is 0 Å². The molecule has 0 saturated heterocycles. The summed E-state index contributed by atoms with van der Waals surface area (Å²) in [6, 6.07) is 0. The second kappa shape index (κ2) is 11.5. The molecule has 0 amide bonds. The van der Waals surface area contributed by atoms with E-state index in [4.69, 9.17) is 0 Å². The largest absolute Gasteiger partial charge is 0.0620 e. The van der Waals surface area contributed by atoms with Gasteiger partial charge < -0.3 is 0 Å². The van der Waals surface area contributed by atoms with Crippen molar-refractivity contribution in [2.75, 3.05) is 0 Å². The van der Waals surface area contributed by atoms with Crippen molar-refractivity contribution >= 4 is 0 Å². The molecule has 2 rings (SSSR count). The van der Waals surface area contributed by atoms with Gasteiger partial charge in [-0.1, -0.05) is 122 Å². The molecule has 2 aliphatic rings. The van der Waals surface area contributed by atoms with Gasteiger partial charge in [0, 0.05) is 0 Å². The van der Waals surface area contributed by atoms with Crippen LogP contribution < -0.4 is 0 Å². The van der Waals surface area contributed by atoms with Crippen LogP contribution in [-0.2, 0) is 0 Å². The quantitative estimate of drug-likeness (QED) is 0.486. The molecule has 22 heavy (non-hydrogen) atoms. The average molecular weight is 307 g/mol. The summed E-state index contributed by atoms with van der Waals surface area (Å²) in [5, 5.41) is 0. The van der Waals surface area contributed by atoms with Crippen molar-refractivity contribution in [1.29, 1.82) is 0 Å². The Hall–Kier alpha value is 0. The Kier molecular flexibility index (Phi) is 9.61. The van der Waals surface area contributed by atoms with Gasteiger partial charge in [0.1, 0.15) is 0 Å². The normalized spacial score (nSPS) is 25.9. The molecule has 0 atom stereocenters. The topological polar surface area (TPSA) is 0 Å². The van der Waals surface area contributed by atoms with E-state index in [9.17, 15) is 0 Å². The third-order valence-corrected chi connectivity index (χ3v) is 6.79. The lowest BCUT2D eigenvalue weighted by Gasteiger charge is -2.32. The summed E-state index contributed by atoms with van der Waals surface area (Å²) >= 11 is 0. The highest BCUT2D eigenvalue weighted by atomic mass is 14.3. The van der Waals surface area contributed by atoms with Crippen LogP contribution in [0, 0.1) is 17.8 Å². The maximum Gasteiger partial charge on any atom is -0.0386 e. The number of rotatable bonds is 2. The molecule has 0 aromatic carbocycles. The minimum atomic E-state index is 0.999. The molecule has 0 spiro atoms. The van der Waals surface area contributed by atoms with Gasteiger partial charge in [-0.05, 0) is 17.8 Å². The number of hydrogen-bond donors (Lipinski definition) is 0. The highest BCUT2D eigenvalue weighted by Gasteiger charge is 2.25. The Morgan fingerprint density at radius 2 is 0.636 bits per heavy atom. The summed E-state index contributed by atoms with van der Waals surface area (Å²) in [5.41, 5.74) is 0. The van der Waals surface area contributed by atoms with Crippen LogP contribution in [0.4, 0.5) is 0 Å². The van der Waals surface area contributed by atoms with Crippen LogP contribution >= 0.6 is 0 Å². The molecule has 0 heteroatoms. The van der Waals surface area contributed by atoms with Gasteiger partial charge in [-0.25, -0.2) is 0 Å². The monoisotopic (exact) mass is 306 g/mol. The number of hydrogen-bond acceptors (Lipinski definition) is 0. The zero-order chi connectivity index (χ0) is 15.5. The summed E-state index contributed by atoms with van der Waals surface area (Å²) in [5.74, 6) is 3.09. The highest BCUT2D eigenvalue weighted by Crippen LogP contribution is 2.36. The summed E-state index contributed by atoms with van der Waals surface area (Å²) in [4.78, 5) is 0. The second-order valence-electron chi connectivity index (χ2n) is 8.48. The molecular formula is C22H42. The third kappa shape index (κ3) is 7.05. The summed E-state index contributed by atoms with van der Waals surface area (Å²) in [6.45, 7) is 2.63. The molecule has 0 aromatic rings. The van der Waals surface area contributed by atoms with E-state index >= 15 is 0 Å². The van der Waals surface area contributed by atoms with Crippen LogP contribution in [0.2, 0.25) is 0 Å². The first kappa shape index (κ1) is 18.3. The Morgan fingerprint density at radius 1 is 0.409 bits per heavy atom. The lowest BCUT2D eigenvalue weighted by atomic mass is 9.73. The first-order valence-corrected chi connectivity index (χ1v) is 10.9. The third-order valence-electron chi connectivity index (χ3n) is 6.79. The smallest absolute Gasteiger partial charge is 0.0386 e. The van der Waals surface area contributed by atoms with E-state index in [0.29, 0.717) is 0 Å².